The average molecular weight is 298 g/mol. The van der Waals surface area contributed by atoms with E-state index in [-0.39, 0.29) is 17.9 Å². The number of nitrogens with one attached hydrogen (secondary N) is 2. The number of carbonyl (C=O) groups excluding carboxylic acids is 1. The van der Waals surface area contributed by atoms with E-state index in [0.717, 1.165) is 37.1 Å². The highest BCUT2D eigenvalue weighted by atomic mass is 16.1. The Bertz CT molecular complexity index is 617. The molecule has 5 nitrogen and oxygen atoms in total. The zero-order valence-corrected chi connectivity index (χ0v) is 12.9. The number of nitrogens with zero attached hydrogens (tertiary/aromatic N) is 2. The van der Waals surface area contributed by atoms with Gasteiger partial charge in [0, 0.05) is 5.92 Å². The van der Waals surface area contributed by atoms with Gasteiger partial charge in [-0.1, -0.05) is 49.6 Å². The maximum Gasteiger partial charge on any atom is 0.223 e. The zero-order chi connectivity index (χ0) is 15.4. The highest BCUT2D eigenvalue weighted by Crippen LogP contribution is 2.26. The van der Waals surface area contributed by atoms with Crippen molar-refractivity contribution < 1.29 is 4.79 Å². The SMILES string of the molecule is Cc1nc(C(NC(=O)C2CCCCC2)c2ccccc2)n[nH]1. The third-order valence-electron chi connectivity index (χ3n) is 4.27. The van der Waals surface area contributed by atoms with E-state index in [2.05, 4.69) is 20.5 Å². The predicted octanol–water partition coefficient (Wildman–Crippen LogP) is 2.90. The lowest BCUT2D eigenvalue weighted by molar-refractivity contribution is -0.126. The minimum Gasteiger partial charge on any atom is -0.342 e. The van der Waals surface area contributed by atoms with Crippen LogP contribution in [0.1, 0.15) is 55.4 Å². The summed E-state index contributed by atoms with van der Waals surface area (Å²) in [5.41, 5.74) is 1.01. The van der Waals surface area contributed by atoms with E-state index < -0.39 is 0 Å². The van der Waals surface area contributed by atoms with Gasteiger partial charge in [0.2, 0.25) is 5.91 Å². The van der Waals surface area contributed by atoms with Gasteiger partial charge in [0.05, 0.1) is 0 Å². The Morgan fingerprint density at radius 1 is 1.23 bits per heavy atom. The molecule has 0 aliphatic heterocycles. The lowest BCUT2D eigenvalue weighted by Crippen LogP contribution is -2.36. The largest absolute Gasteiger partial charge is 0.342 e. The van der Waals surface area contributed by atoms with Crippen molar-refractivity contribution in [3.63, 3.8) is 0 Å². The zero-order valence-electron chi connectivity index (χ0n) is 12.9. The van der Waals surface area contributed by atoms with Gasteiger partial charge < -0.3 is 5.32 Å². The lowest BCUT2D eigenvalue weighted by Gasteiger charge is -2.24. The van der Waals surface area contributed by atoms with E-state index >= 15 is 0 Å². The Morgan fingerprint density at radius 3 is 2.59 bits per heavy atom. The molecule has 0 bridgehead atoms. The van der Waals surface area contributed by atoms with Gasteiger partial charge in [-0.15, -0.1) is 0 Å². The molecule has 1 unspecified atom stereocenters. The van der Waals surface area contributed by atoms with Gasteiger partial charge in [-0.05, 0) is 25.3 Å². The second kappa shape index (κ2) is 6.73. The smallest absolute Gasteiger partial charge is 0.223 e. The van der Waals surface area contributed by atoms with E-state index in [9.17, 15) is 4.79 Å². The number of hydrogen-bond acceptors (Lipinski definition) is 3. The summed E-state index contributed by atoms with van der Waals surface area (Å²) in [6, 6.07) is 9.60. The van der Waals surface area contributed by atoms with Crippen molar-refractivity contribution in [3.05, 3.63) is 47.5 Å². The van der Waals surface area contributed by atoms with Crippen LogP contribution in [0.2, 0.25) is 0 Å². The fourth-order valence-electron chi connectivity index (χ4n) is 3.06. The minimum atomic E-state index is -0.291. The normalized spacial score (nSPS) is 17.1. The molecule has 0 saturated heterocycles. The van der Waals surface area contributed by atoms with E-state index in [4.69, 9.17) is 0 Å². The third kappa shape index (κ3) is 3.35. The molecule has 5 heteroatoms. The van der Waals surface area contributed by atoms with Crippen molar-refractivity contribution >= 4 is 5.91 Å². The van der Waals surface area contributed by atoms with Gasteiger partial charge >= 0.3 is 0 Å². The molecule has 1 aromatic carbocycles. The van der Waals surface area contributed by atoms with Crippen LogP contribution in [0.15, 0.2) is 30.3 Å². The minimum absolute atomic E-state index is 0.121. The molecular formula is C17H22N4O. The average Bonchev–Trinajstić information content (AvgIpc) is 3.00. The van der Waals surface area contributed by atoms with Gasteiger partial charge in [-0.25, -0.2) is 4.98 Å². The number of rotatable bonds is 4. The van der Waals surface area contributed by atoms with Crippen LogP contribution in [0.25, 0.3) is 0 Å². The third-order valence-corrected chi connectivity index (χ3v) is 4.27. The number of H-pyrrole nitrogens is 1. The Hall–Kier alpha value is -2.17. The molecule has 1 amide bonds. The van der Waals surface area contributed by atoms with Gasteiger partial charge in [-0.3, -0.25) is 9.89 Å². The first-order valence-corrected chi connectivity index (χ1v) is 7.98. The number of carbonyl (C=O) groups is 1. The van der Waals surface area contributed by atoms with Crippen LogP contribution in [-0.2, 0) is 4.79 Å². The van der Waals surface area contributed by atoms with Crippen LogP contribution in [0.4, 0.5) is 0 Å². The molecule has 0 spiro atoms. The van der Waals surface area contributed by atoms with Crippen molar-refractivity contribution in [2.24, 2.45) is 5.92 Å². The molecule has 2 aromatic rings. The standard InChI is InChI=1S/C17H22N4O/c1-12-18-16(21-20-12)15(13-8-4-2-5-9-13)19-17(22)14-10-6-3-7-11-14/h2,4-5,8-9,14-15H,3,6-7,10-11H2,1H3,(H,19,22)(H,18,20,21). The summed E-state index contributed by atoms with van der Waals surface area (Å²) in [5, 5.41) is 10.2. The van der Waals surface area contributed by atoms with E-state index in [1.165, 1.54) is 6.42 Å². The summed E-state index contributed by atoms with van der Waals surface area (Å²) in [6.45, 7) is 1.86. The van der Waals surface area contributed by atoms with Gasteiger partial charge in [0.15, 0.2) is 5.82 Å². The number of aromatic nitrogens is 3. The highest BCUT2D eigenvalue weighted by molar-refractivity contribution is 5.79. The fourth-order valence-corrected chi connectivity index (χ4v) is 3.06. The Balaban J connectivity index is 1.81. The van der Waals surface area contributed by atoms with Gasteiger partial charge in [-0.2, -0.15) is 5.10 Å². The molecule has 22 heavy (non-hydrogen) atoms. The van der Waals surface area contributed by atoms with Gasteiger partial charge in [0.1, 0.15) is 11.9 Å². The van der Waals surface area contributed by atoms with Crippen molar-refractivity contribution in [2.75, 3.05) is 0 Å². The summed E-state index contributed by atoms with van der Waals surface area (Å²) in [4.78, 5) is 17.0. The molecule has 1 atom stereocenters. The molecule has 0 radical (unpaired) electrons. The number of amides is 1. The summed E-state index contributed by atoms with van der Waals surface area (Å²) < 4.78 is 0. The van der Waals surface area contributed by atoms with Gasteiger partial charge in [0.25, 0.3) is 0 Å². The molecule has 1 aliphatic carbocycles. The molecule has 2 N–H and O–H groups in total. The fraction of sp³-hybridized carbons (Fsp3) is 0.471. The first-order valence-electron chi connectivity index (χ1n) is 7.98. The van der Waals surface area contributed by atoms with Crippen molar-refractivity contribution in [1.82, 2.24) is 20.5 Å². The number of hydrogen-bond donors (Lipinski definition) is 2. The van der Waals surface area contributed by atoms with Crippen LogP contribution in [0.5, 0.6) is 0 Å². The van der Waals surface area contributed by atoms with E-state index in [1.807, 2.05) is 37.3 Å². The summed E-state index contributed by atoms with van der Waals surface area (Å²) in [5.74, 6) is 1.62. The maximum absolute atomic E-state index is 12.6. The first-order chi connectivity index (χ1) is 10.7. The summed E-state index contributed by atoms with van der Waals surface area (Å²) >= 11 is 0. The molecule has 1 aromatic heterocycles. The molecule has 116 valence electrons. The summed E-state index contributed by atoms with van der Waals surface area (Å²) in [7, 11) is 0. The molecule has 1 fully saturated rings. The quantitative estimate of drug-likeness (QED) is 0.911. The second-order valence-corrected chi connectivity index (χ2v) is 5.97. The first kappa shape index (κ1) is 14.8. The van der Waals surface area contributed by atoms with Crippen molar-refractivity contribution in [2.45, 2.75) is 45.1 Å². The Labute approximate surface area is 130 Å². The number of aromatic amines is 1. The van der Waals surface area contributed by atoms with Crippen LogP contribution in [0.3, 0.4) is 0 Å². The van der Waals surface area contributed by atoms with E-state index in [0.29, 0.717) is 5.82 Å². The monoisotopic (exact) mass is 298 g/mol. The molecular weight excluding hydrogens is 276 g/mol. The number of aryl methyl sites for hydroxylation is 1. The molecule has 3 rings (SSSR count). The molecule has 1 saturated carbocycles. The van der Waals surface area contributed by atoms with Crippen molar-refractivity contribution in [3.8, 4) is 0 Å². The van der Waals surface area contributed by atoms with E-state index in [1.54, 1.807) is 0 Å². The van der Waals surface area contributed by atoms with Crippen LogP contribution < -0.4 is 5.32 Å². The predicted molar refractivity (Wildman–Crippen MR) is 84.1 cm³/mol. The maximum atomic E-state index is 12.6. The van der Waals surface area contributed by atoms with Crippen molar-refractivity contribution in [1.29, 1.82) is 0 Å². The lowest BCUT2D eigenvalue weighted by atomic mass is 9.88. The Morgan fingerprint density at radius 2 is 1.95 bits per heavy atom. The topological polar surface area (TPSA) is 70.7 Å². The summed E-state index contributed by atoms with van der Waals surface area (Å²) in [6.07, 6.45) is 5.51. The Kier molecular flexibility index (Phi) is 4.51. The second-order valence-electron chi connectivity index (χ2n) is 5.97. The number of benzene rings is 1. The van der Waals surface area contributed by atoms with Crippen LogP contribution in [0, 0.1) is 12.8 Å². The van der Waals surface area contributed by atoms with Crippen LogP contribution in [-0.4, -0.2) is 21.1 Å². The highest BCUT2D eigenvalue weighted by Gasteiger charge is 2.26. The molecule has 1 aliphatic rings. The van der Waals surface area contributed by atoms with Crippen LogP contribution >= 0.6 is 0 Å². The molecule has 1 heterocycles.